The lowest BCUT2D eigenvalue weighted by Gasteiger charge is -2.10. The van der Waals surface area contributed by atoms with Crippen LogP contribution in [-0.4, -0.2) is 16.9 Å². The molecule has 1 heterocycles. The minimum Gasteiger partial charge on any atom is -0.444 e. The van der Waals surface area contributed by atoms with E-state index in [9.17, 15) is 4.79 Å². The van der Waals surface area contributed by atoms with Crippen molar-refractivity contribution in [3.63, 3.8) is 0 Å². The highest BCUT2D eigenvalue weighted by atomic mass is 16.4. The molecule has 0 aromatic carbocycles. The van der Waals surface area contributed by atoms with Gasteiger partial charge in [0.1, 0.15) is 5.76 Å². The summed E-state index contributed by atoms with van der Waals surface area (Å²) in [6, 6.07) is -0.322. The maximum absolute atomic E-state index is 10.9. The largest absolute Gasteiger partial charge is 0.444 e. The van der Waals surface area contributed by atoms with E-state index in [1.165, 1.54) is 0 Å². The Morgan fingerprint density at radius 1 is 1.60 bits per heavy atom. The molecule has 84 valence electrons. The van der Waals surface area contributed by atoms with Crippen LogP contribution in [0.5, 0.6) is 0 Å². The minimum absolute atomic E-state index is 0.322. The summed E-state index contributed by atoms with van der Waals surface area (Å²) in [5.74, 6) is 1.04. The molecule has 3 N–H and O–H groups in total. The fourth-order valence-corrected chi connectivity index (χ4v) is 1.27. The van der Waals surface area contributed by atoms with Gasteiger partial charge in [-0.1, -0.05) is 6.92 Å². The van der Waals surface area contributed by atoms with Crippen LogP contribution in [0, 0.1) is 13.8 Å². The molecule has 1 amide bonds. The predicted octanol–water partition coefficient (Wildman–Crippen LogP) is 0.645. The van der Waals surface area contributed by atoms with Gasteiger partial charge >= 0.3 is 0 Å². The van der Waals surface area contributed by atoms with Gasteiger partial charge in [0.25, 0.3) is 0 Å². The van der Waals surface area contributed by atoms with E-state index >= 15 is 0 Å². The normalized spacial score (nSPS) is 12.7. The van der Waals surface area contributed by atoms with Crippen LogP contribution in [0.15, 0.2) is 4.42 Å². The lowest BCUT2D eigenvalue weighted by Crippen LogP contribution is -2.40. The highest BCUT2D eigenvalue weighted by Crippen LogP contribution is 2.08. The Balaban J connectivity index is 2.52. The van der Waals surface area contributed by atoms with Crippen LogP contribution >= 0.6 is 0 Å². The van der Waals surface area contributed by atoms with Crippen molar-refractivity contribution in [1.82, 2.24) is 10.3 Å². The number of aromatic nitrogens is 1. The molecule has 1 unspecified atom stereocenters. The zero-order valence-electron chi connectivity index (χ0n) is 9.33. The molecule has 1 atom stereocenters. The molecule has 0 aliphatic carbocycles. The maximum Gasteiger partial charge on any atom is 0.234 e. The van der Waals surface area contributed by atoms with E-state index in [1.54, 1.807) is 0 Å². The molecule has 0 radical (unpaired) electrons. The average molecular weight is 211 g/mol. The molecule has 15 heavy (non-hydrogen) atoms. The molecule has 0 saturated heterocycles. The lowest BCUT2D eigenvalue weighted by atomic mass is 10.2. The molecule has 0 bridgehead atoms. The number of primary amides is 1. The van der Waals surface area contributed by atoms with E-state index in [2.05, 4.69) is 10.3 Å². The summed E-state index contributed by atoms with van der Waals surface area (Å²) in [5.41, 5.74) is 6.07. The Morgan fingerprint density at radius 2 is 2.27 bits per heavy atom. The first-order valence-electron chi connectivity index (χ1n) is 5.00. The summed E-state index contributed by atoms with van der Waals surface area (Å²) in [7, 11) is 0. The predicted molar refractivity (Wildman–Crippen MR) is 56.1 cm³/mol. The Kier molecular flexibility index (Phi) is 3.85. The first kappa shape index (κ1) is 11.7. The fraction of sp³-hybridized carbons (Fsp3) is 0.600. The lowest BCUT2D eigenvalue weighted by molar-refractivity contribution is -0.120. The van der Waals surface area contributed by atoms with E-state index in [0.29, 0.717) is 18.9 Å². The van der Waals surface area contributed by atoms with Crippen molar-refractivity contribution in [2.24, 2.45) is 5.73 Å². The molecule has 1 aromatic heterocycles. The van der Waals surface area contributed by atoms with E-state index in [0.717, 1.165) is 11.5 Å². The van der Waals surface area contributed by atoms with Crippen molar-refractivity contribution in [1.29, 1.82) is 0 Å². The number of aryl methyl sites for hydroxylation is 2. The number of hydrogen-bond acceptors (Lipinski definition) is 4. The van der Waals surface area contributed by atoms with Gasteiger partial charge < -0.3 is 10.2 Å². The number of carbonyl (C=O) groups is 1. The third kappa shape index (κ3) is 3.06. The van der Waals surface area contributed by atoms with Gasteiger partial charge in [0.05, 0.1) is 18.3 Å². The van der Waals surface area contributed by atoms with Gasteiger partial charge in [0, 0.05) is 0 Å². The molecule has 0 aliphatic heterocycles. The third-order valence-corrected chi connectivity index (χ3v) is 2.32. The molecule has 5 nitrogen and oxygen atoms in total. The quantitative estimate of drug-likeness (QED) is 0.749. The Bertz CT molecular complexity index is 327. The number of carbonyl (C=O) groups excluding carboxylic acids is 1. The maximum atomic E-state index is 10.9. The average Bonchev–Trinajstić information content (AvgIpc) is 2.47. The third-order valence-electron chi connectivity index (χ3n) is 2.32. The molecule has 0 saturated carbocycles. The zero-order chi connectivity index (χ0) is 11.4. The van der Waals surface area contributed by atoms with Gasteiger partial charge in [-0.05, 0) is 20.3 Å². The second kappa shape index (κ2) is 4.93. The van der Waals surface area contributed by atoms with Crippen molar-refractivity contribution in [3.05, 3.63) is 17.3 Å². The first-order valence-corrected chi connectivity index (χ1v) is 5.00. The number of nitrogens with one attached hydrogen (secondary N) is 1. The van der Waals surface area contributed by atoms with E-state index in [4.69, 9.17) is 10.2 Å². The van der Waals surface area contributed by atoms with Crippen LogP contribution in [0.3, 0.4) is 0 Å². The van der Waals surface area contributed by atoms with Crippen molar-refractivity contribution in [3.8, 4) is 0 Å². The van der Waals surface area contributed by atoms with Gasteiger partial charge in [-0.15, -0.1) is 0 Å². The van der Waals surface area contributed by atoms with Gasteiger partial charge in [0.15, 0.2) is 0 Å². The van der Waals surface area contributed by atoms with E-state index in [-0.39, 0.29) is 11.9 Å². The van der Waals surface area contributed by atoms with Crippen LogP contribution in [0.25, 0.3) is 0 Å². The first-order chi connectivity index (χ1) is 7.04. The summed E-state index contributed by atoms with van der Waals surface area (Å²) >= 11 is 0. The van der Waals surface area contributed by atoms with Gasteiger partial charge in [-0.3, -0.25) is 10.1 Å². The highest BCUT2D eigenvalue weighted by Gasteiger charge is 2.13. The van der Waals surface area contributed by atoms with Crippen LogP contribution in [0.2, 0.25) is 0 Å². The van der Waals surface area contributed by atoms with Crippen molar-refractivity contribution in [2.45, 2.75) is 39.8 Å². The Labute approximate surface area is 89.1 Å². The molecule has 1 rings (SSSR count). The van der Waals surface area contributed by atoms with Gasteiger partial charge in [-0.25, -0.2) is 4.98 Å². The van der Waals surface area contributed by atoms with Crippen LogP contribution < -0.4 is 11.1 Å². The van der Waals surface area contributed by atoms with Gasteiger partial charge in [-0.2, -0.15) is 0 Å². The number of oxazole rings is 1. The highest BCUT2D eigenvalue weighted by molar-refractivity contribution is 5.79. The second-order valence-corrected chi connectivity index (χ2v) is 3.49. The standard InChI is InChI=1S/C10H17N3O2/c1-4-8(10(11)14)12-5-9-13-6(2)7(3)15-9/h8,12H,4-5H2,1-3H3,(H2,11,14). The second-order valence-electron chi connectivity index (χ2n) is 3.49. The number of amides is 1. The number of rotatable bonds is 5. The van der Waals surface area contributed by atoms with Crippen LogP contribution in [-0.2, 0) is 11.3 Å². The Morgan fingerprint density at radius 3 is 2.67 bits per heavy atom. The van der Waals surface area contributed by atoms with Crippen LogP contribution in [0.1, 0.15) is 30.7 Å². The Hall–Kier alpha value is -1.36. The van der Waals surface area contributed by atoms with Crippen molar-refractivity contribution >= 4 is 5.91 Å². The topological polar surface area (TPSA) is 81.2 Å². The summed E-state index contributed by atoms with van der Waals surface area (Å²) in [4.78, 5) is 15.1. The molecule has 5 heteroatoms. The molecule has 0 aliphatic rings. The smallest absolute Gasteiger partial charge is 0.234 e. The van der Waals surface area contributed by atoms with E-state index in [1.807, 2.05) is 20.8 Å². The molecule has 0 spiro atoms. The summed E-state index contributed by atoms with van der Waals surface area (Å²) in [5, 5.41) is 2.99. The molecular weight excluding hydrogens is 194 g/mol. The fourth-order valence-electron chi connectivity index (χ4n) is 1.27. The SMILES string of the molecule is CCC(NCc1nc(C)c(C)o1)C(N)=O. The van der Waals surface area contributed by atoms with Gasteiger partial charge in [0.2, 0.25) is 11.8 Å². The zero-order valence-corrected chi connectivity index (χ0v) is 9.33. The molecule has 0 fully saturated rings. The summed E-state index contributed by atoms with van der Waals surface area (Å²) < 4.78 is 5.36. The number of nitrogens with two attached hydrogens (primary N) is 1. The number of nitrogens with zero attached hydrogens (tertiary/aromatic N) is 1. The minimum atomic E-state index is -0.350. The van der Waals surface area contributed by atoms with Crippen molar-refractivity contribution < 1.29 is 9.21 Å². The monoisotopic (exact) mass is 211 g/mol. The van der Waals surface area contributed by atoms with Crippen LogP contribution in [0.4, 0.5) is 0 Å². The van der Waals surface area contributed by atoms with E-state index < -0.39 is 0 Å². The van der Waals surface area contributed by atoms with Crippen molar-refractivity contribution in [2.75, 3.05) is 0 Å². The number of hydrogen-bond donors (Lipinski definition) is 2. The molecular formula is C10H17N3O2. The summed E-state index contributed by atoms with van der Waals surface area (Å²) in [6.45, 7) is 6.07. The summed E-state index contributed by atoms with van der Waals surface area (Å²) in [6.07, 6.45) is 0.661. The molecule has 1 aromatic rings.